The Bertz CT molecular complexity index is 633. The molecule has 0 aliphatic heterocycles. The summed E-state index contributed by atoms with van der Waals surface area (Å²) in [6.07, 6.45) is -4.33. The molecule has 0 bridgehead atoms. The van der Waals surface area contributed by atoms with Crippen LogP contribution >= 0.6 is 0 Å². The first-order chi connectivity index (χ1) is 10.7. The molecule has 9 nitrogen and oxygen atoms in total. The number of aliphatic hydroxyl groups excluding tert-OH is 2. The van der Waals surface area contributed by atoms with Crippen LogP contribution in [0.15, 0.2) is 12.1 Å². The predicted molar refractivity (Wildman–Crippen MR) is 72.0 cm³/mol. The second-order valence-corrected chi connectivity index (χ2v) is 4.43. The fourth-order valence-electron chi connectivity index (χ4n) is 1.80. The molecule has 1 aromatic rings. The molecule has 23 heavy (non-hydrogen) atoms. The Morgan fingerprint density at radius 3 is 2.39 bits per heavy atom. The van der Waals surface area contributed by atoms with E-state index < -0.39 is 58.1 Å². The average molecular weight is 331 g/mol. The standard InChI is InChI=1S/C13H14FNO8/c1-22-11(17)5-10(16)12(18)6-4-9(15(20)21)7(3-8(6)14)13(19)23-2/h3-4,10,12,16,18H,5H2,1-2H3. The summed E-state index contributed by atoms with van der Waals surface area (Å²) in [5, 5.41) is 30.5. The van der Waals surface area contributed by atoms with Crippen molar-refractivity contribution < 1.29 is 38.6 Å². The number of carbonyl (C=O) groups is 2. The van der Waals surface area contributed by atoms with E-state index in [1.807, 2.05) is 0 Å². The maximum Gasteiger partial charge on any atom is 0.344 e. The second kappa shape index (κ2) is 7.61. The number of esters is 2. The Balaban J connectivity index is 3.27. The first kappa shape index (κ1) is 18.5. The molecule has 126 valence electrons. The van der Waals surface area contributed by atoms with Gasteiger partial charge in [0.1, 0.15) is 17.5 Å². The largest absolute Gasteiger partial charge is 0.469 e. The summed E-state index contributed by atoms with van der Waals surface area (Å²) < 4.78 is 22.6. The third-order valence-electron chi connectivity index (χ3n) is 3.00. The number of carbonyl (C=O) groups excluding carboxylic acids is 2. The fourth-order valence-corrected chi connectivity index (χ4v) is 1.80. The summed E-state index contributed by atoms with van der Waals surface area (Å²) in [4.78, 5) is 32.5. The monoisotopic (exact) mass is 331 g/mol. The average Bonchev–Trinajstić information content (AvgIpc) is 2.52. The summed E-state index contributed by atoms with van der Waals surface area (Å²) in [7, 11) is 2.02. The Morgan fingerprint density at radius 2 is 1.91 bits per heavy atom. The molecule has 2 atom stereocenters. The maximum atomic E-state index is 14.0. The molecule has 2 unspecified atom stereocenters. The summed E-state index contributed by atoms with van der Waals surface area (Å²) >= 11 is 0. The van der Waals surface area contributed by atoms with Crippen molar-refractivity contribution in [1.82, 2.24) is 0 Å². The lowest BCUT2D eigenvalue weighted by Gasteiger charge is -2.18. The number of rotatable bonds is 6. The Morgan fingerprint density at radius 1 is 1.30 bits per heavy atom. The molecule has 0 saturated heterocycles. The SMILES string of the molecule is COC(=O)CC(O)C(O)c1cc([N+](=O)[O-])c(C(=O)OC)cc1F. The molecule has 0 aliphatic carbocycles. The molecular formula is C13H14FNO8. The number of methoxy groups -OCH3 is 2. The van der Waals surface area contributed by atoms with Crippen molar-refractivity contribution in [3.05, 3.63) is 39.2 Å². The molecule has 0 spiro atoms. The van der Waals surface area contributed by atoms with Crippen molar-refractivity contribution in [3.8, 4) is 0 Å². The second-order valence-electron chi connectivity index (χ2n) is 4.43. The minimum Gasteiger partial charge on any atom is -0.469 e. The molecular weight excluding hydrogens is 317 g/mol. The number of benzene rings is 1. The number of ether oxygens (including phenoxy) is 2. The normalized spacial score (nSPS) is 13.1. The van der Waals surface area contributed by atoms with Gasteiger partial charge in [0, 0.05) is 11.6 Å². The zero-order valence-corrected chi connectivity index (χ0v) is 12.2. The van der Waals surface area contributed by atoms with Crippen molar-refractivity contribution in [2.45, 2.75) is 18.6 Å². The first-order valence-corrected chi connectivity index (χ1v) is 6.22. The molecule has 0 saturated carbocycles. The molecule has 0 amide bonds. The van der Waals surface area contributed by atoms with Crippen LogP contribution in [0, 0.1) is 15.9 Å². The van der Waals surface area contributed by atoms with Crippen LogP contribution in [0.2, 0.25) is 0 Å². The third-order valence-corrected chi connectivity index (χ3v) is 3.00. The molecule has 0 heterocycles. The first-order valence-electron chi connectivity index (χ1n) is 6.22. The highest BCUT2D eigenvalue weighted by Gasteiger charge is 2.30. The topological polar surface area (TPSA) is 136 Å². The summed E-state index contributed by atoms with van der Waals surface area (Å²) in [5.41, 5.74) is -2.09. The van der Waals surface area contributed by atoms with Crippen molar-refractivity contribution >= 4 is 17.6 Å². The Kier molecular flexibility index (Phi) is 6.10. The number of hydrogen-bond acceptors (Lipinski definition) is 8. The van der Waals surface area contributed by atoms with E-state index in [-0.39, 0.29) is 0 Å². The number of nitrogens with zero attached hydrogens (tertiary/aromatic N) is 1. The van der Waals surface area contributed by atoms with Gasteiger partial charge in [-0.3, -0.25) is 14.9 Å². The zero-order chi connectivity index (χ0) is 17.7. The van der Waals surface area contributed by atoms with Gasteiger partial charge in [0.25, 0.3) is 5.69 Å². The van der Waals surface area contributed by atoms with Gasteiger partial charge in [0.05, 0.1) is 31.7 Å². The summed E-state index contributed by atoms with van der Waals surface area (Å²) in [6.45, 7) is 0. The van der Waals surface area contributed by atoms with E-state index in [9.17, 15) is 34.3 Å². The number of nitro benzene ring substituents is 1. The number of halogens is 1. The van der Waals surface area contributed by atoms with Gasteiger partial charge in [-0.1, -0.05) is 0 Å². The lowest BCUT2D eigenvalue weighted by atomic mass is 9.99. The van der Waals surface area contributed by atoms with Crippen LogP contribution in [0.3, 0.4) is 0 Å². The summed E-state index contributed by atoms with van der Waals surface area (Å²) in [5.74, 6) is -3.17. The van der Waals surface area contributed by atoms with Gasteiger partial charge in [0.2, 0.25) is 0 Å². The molecule has 0 aliphatic rings. The van der Waals surface area contributed by atoms with Gasteiger partial charge in [-0.05, 0) is 6.07 Å². The lowest BCUT2D eigenvalue weighted by molar-refractivity contribution is -0.385. The van der Waals surface area contributed by atoms with Crippen LogP contribution in [0.1, 0.15) is 28.4 Å². The molecule has 0 radical (unpaired) electrons. The Labute approximate surface area is 129 Å². The van der Waals surface area contributed by atoms with E-state index in [4.69, 9.17) is 0 Å². The van der Waals surface area contributed by atoms with Gasteiger partial charge >= 0.3 is 11.9 Å². The van der Waals surface area contributed by atoms with Gasteiger partial charge in [-0.25, -0.2) is 9.18 Å². The highest BCUT2D eigenvalue weighted by atomic mass is 19.1. The van der Waals surface area contributed by atoms with Crippen LogP contribution < -0.4 is 0 Å². The molecule has 1 aromatic carbocycles. The fraction of sp³-hybridized carbons (Fsp3) is 0.385. The quantitative estimate of drug-likeness (QED) is 0.436. The van der Waals surface area contributed by atoms with Gasteiger partial charge in [0.15, 0.2) is 0 Å². The maximum absolute atomic E-state index is 14.0. The van der Waals surface area contributed by atoms with Crippen LogP contribution in [-0.2, 0) is 14.3 Å². The van der Waals surface area contributed by atoms with Crippen LogP contribution in [0.4, 0.5) is 10.1 Å². The van der Waals surface area contributed by atoms with Crippen LogP contribution in [0.5, 0.6) is 0 Å². The van der Waals surface area contributed by atoms with Gasteiger partial charge < -0.3 is 19.7 Å². The predicted octanol–water partition coefficient (Wildman–Crippen LogP) is 0.478. The Hall–Kier alpha value is -2.59. The number of aliphatic hydroxyl groups is 2. The van der Waals surface area contributed by atoms with Crippen LogP contribution in [0.25, 0.3) is 0 Å². The van der Waals surface area contributed by atoms with Gasteiger partial charge in [-0.15, -0.1) is 0 Å². The highest BCUT2D eigenvalue weighted by molar-refractivity contribution is 5.94. The molecule has 10 heteroatoms. The molecule has 2 N–H and O–H groups in total. The van der Waals surface area contributed by atoms with Gasteiger partial charge in [-0.2, -0.15) is 0 Å². The van der Waals surface area contributed by atoms with E-state index in [0.29, 0.717) is 12.1 Å². The number of hydrogen-bond donors (Lipinski definition) is 2. The molecule has 0 fully saturated rings. The van der Waals surface area contributed by atoms with E-state index in [1.165, 1.54) is 0 Å². The van der Waals surface area contributed by atoms with Crippen LogP contribution in [-0.4, -0.2) is 47.4 Å². The molecule has 0 aromatic heterocycles. The van der Waals surface area contributed by atoms with Crippen molar-refractivity contribution in [3.63, 3.8) is 0 Å². The third kappa shape index (κ3) is 4.20. The van der Waals surface area contributed by atoms with E-state index in [1.54, 1.807) is 0 Å². The van der Waals surface area contributed by atoms with E-state index in [2.05, 4.69) is 9.47 Å². The number of nitro groups is 1. The minimum absolute atomic E-state index is 0.521. The summed E-state index contributed by atoms with van der Waals surface area (Å²) in [6, 6.07) is 1.13. The van der Waals surface area contributed by atoms with E-state index in [0.717, 1.165) is 14.2 Å². The highest BCUT2D eigenvalue weighted by Crippen LogP contribution is 2.29. The zero-order valence-electron chi connectivity index (χ0n) is 12.2. The van der Waals surface area contributed by atoms with Crippen molar-refractivity contribution in [1.29, 1.82) is 0 Å². The lowest BCUT2D eigenvalue weighted by Crippen LogP contribution is -2.23. The minimum atomic E-state index is -1.93. The smallest absolute Gasteiger partial charge is 0.344 e. The van der Waals surface area contributed by atoms with Crippen molar-refractivity contribution in [2.75, 3.05) is 14.2 Å². The molecule has 1 rings (SSSR count). The van der Waals surface area contributed by atoms with E-state index >= 15 is 0 Å². The van der Waals surface area contributed by atoms with Crippen molar-refractivity contribution in [2.24, 2.45) is 0 Å².